The van der Waals surface area contributed by atoms with Crippen molar-refractivity contribution in [2.24, 2.45) is 0 Å². The number of hydrogen-bond acceptors (Lipinski definition) is 3. The van der Waals surface area contributed by atoms with Gasteiger partial charge in [0.15, 0.2) is 0 Å². The number of nitrogens with zero attached hydrogens (tertiary/aromatic N) is 1. The minimum atomic E-state index is -0.546. The zero-order chi connectivity index (χ0) is 12.1. The van der Waals surface area contributed by atoms with Crippen molar-refractivity contribution in [1.29, 1.82) is 0 Å². The van der Waals surface area contributed by atoms with Gasteiger partial charge in [-0.25, -0.2) is 0 Å². The molecule has 0 saturated carbocycles. The molecule has 0 radical (unpaired) electrons. The molecule has 1 N–H and O–H groups in total. The summed E-state index contributed by atoms with van der Waals surface area (Å²) in [7, 11) is 1.68. The van der Waals surface area contributed by atoms with E-state index in [0.717, 1.165) is 51.9 Å². The Kier molecular flexibility index (Phi) is 4.40. The highest BCUT2D eigenvalue weighted by Crippen LogP contribution is 2.26. The van der Waals surface area contributed by atoms with Crippen LogP contribution in [0.15, 0.2) is 0 Å². The number of amides is 1. The lowest BCUT2D eigenvalue weighted by Crippen LogP contribution is -2.55. The minimum absolute atomic E-state index is 0.225. The molecule has 2 saturated heterocycles. The number of carbonyl (C=O) groups excluding carboxylic acids is 1. The number of piperidine rings is 1. The number of rotatable bonds is 2. The zero-order valence-electron chi connectivity index (χ0n) is 10.8. The van der Waals surface area contributed by atoms with Crippen LogP contribution in [-0.4, -0.2) is 49.7 Å². The van der Waals surface area contributed by atoms with Crippen molar-refractivity contribution in [2.75, 3.05) is 33.3 Å². The molecule has 4 heteroatoms. The van der Waals surface area contributed by atoms with Crippen LogP contribution in [0.4, 0.5) is 0 Å². The van der Waals surface area contributed by atoms with Crippen molar-refractivity contribution < 1.29 is 9.53 Å². The first-order valence-electron chi connectivity index (χ1n) is 6.84. The summed E-state index contributed by atoms with van der Waals surface area (Å²) >= 11 is 0. The van der Waals surface area contributed by atoms with Crippen molar-refractivity contribution in [3.05, 3.63) is 0 Å². The number of hydrogen-bond donors (Lipinski definition) is 1. The molecule has 0 aromatic heterocycles. The lowest BCUT2D eigenvalue weighted by Gasteiger charge is -2.38. The van der Waals surface area contributed by atoms with Crippen molar-refractivity contribution >= 4 is 5.91 Å². The lowest BCUT2D eigenvalue weighted by molar-refractivity contribution is -0.158. The fourth-order valence-electron chi connectivity index (χ4n) is 2.90. The average molecular weight is 240 g/mol. The largest absolute Gasteiger partial charge is 0.368 e. The van der Waals surface area contributed by atoms with Crippen molar-refractivity contribution in [1.82, 2.24) is 10.2 Å². The summed E-state index contributed by atoms with van der Waals surface area (Å²) in [5.41, 5.74) is -0.546. The van der Waals surface area contributed by atoms with Gasteiger partial charge in [0, 0.05) is 20.2 Å². The number of methoxy groups -OCH3 is 1. The fraction of sp³-hybridized carbons (Fsp3) is 0.923. The van der Waals surface area contributed by atoms with Gasteiger partial charge in [0.25, 0.3) is 5.91 Å². The van der Waals surface area contributed by atoms with E-state index in [1.54, 1.807) is 7.11 Å². The van der Waals surface area contributed by atoms with Crippen molar-refractivity contribution in [2.45, 2.75) is 44.1 Å². The van der Waals surface area contributed by atoms with Crippen molar-refractivity contribution in [3.8, 4) is 0 Å². The topological polar surface area (TPSA) is 41.6 Å². The Morgan fingerprint density at radius 1 is 1.12 bits per heavy atom. The van der Waals surface area contributed by atoms with E-state index in [-0.39, 0.29) is 5.91 Å². The van der Waals surface area contributed by atoms with Crippen LogP contribution in [0.3, 0.4) is 0 Å². The van der Waals surface area contributed by atoms with Gasteiger partial charge in [-0.05, 0) is 38.8 Å². The van der Waals surface area contributed by atoms with Crippen LogP contribution in [0.5, 0.6) is 0 Å². The van der Waals surface area contributed by atoms with E-state index in [2.05, 4.69) is 5.32 Å². The maximum atomic E-state index is 12.6. The van der Waals surface area contributed by atoms with E-state index < -0.39 is 5.60 Å². The van der Waals surface area contributed by atoms with Gasteiger partial charge in [-0.3, -0.25) is 4.79 Å². The summed E-state index contributed by atoms with van der Waals surface area (Å²) in [5.74, 6) is 0.225. The molecule has 2 aliphatic rings. The van der Waals surface area contributed by atoms with Crippen LogP contribution < -0.4 is 5.32 Å². The Morgan fingerprint density at radius 2 is 1.71 bits per heavy atom. The lowest BCUT2D eigenvalue weighted by atomic mass is 9.90. The van der Waals surface area contributed by atoms with Crippen LogP contribution >= 0.6 is 0 Å². The standard InChI is InChI=1S/C13H24N2O2/c1-17-13(6-8-14-9-7-13)12(16)15-10-4-2-3-5-11-15/h14H,2-11H2,1H3. The molecule has 98 valence electrons. The molecule has 2 heterocycles. The van der Waals surface area contributed by atoms with Crippen LogP contribution in [0.25, 0.3) is 0 Å². The summed E-state index contributed by atoms with van der Waals surface area (Å²) in [6.45, 7) is 3.59. The number of carbonyl (C=O) groups is 1. The summed E-state index contributed by atoms with van der Waals surface area (Å²) in [6, 6.07) is 0. The van der Waals surface area contributed by atoms with Crippen LogP contribution in [-0.2, 0) is 9.53 Å². The van der Waals surface area contributed by atoms with Gasteiger partial charge in [0.2, 0.25) is 0 Å². The minimum Gasteiger partial charge on any atom is -0.368 e. The highest BCUT2D eigenvalue weighted by atomic mass is 16.5. The Labute approximate surface area is 104 Å². The molecular weight excluding hydrogens is 216 g/mol. The average Bonchev–Trinajstić information content (AvgIpc) is 2.67. The van der Waals surface area contributed by atoms with E-state index in [0.29, 0.717) is 0 Å². The number of likely N-dealkylation sites (tertiary alicyclic amines) is 1. The molecule has 2 rings (SSSR count). The molecular formula is C13H24N2O2. The predicted molar refractivity (Wildman–Crippen MR) is 66.9 cm³/mol. The third kappa shape index (κ3) is 2.80. The van der Waals surface area contributed by atoms with E-state index >= 15 is 0 Å². The highest BCUT2D eigenvalue weighted by molar-refractivity contribution is 5.85. The molecule has 0 aromatic carbocycles. The molecule has 0 aliphatic carbocycles. The zero-order valence-corrected chi connectivity index (χ0v) is 10.8. The molecule has 0 atom stereocenters. The van der Waals surface area contributed by atoms with E-state index in [9.17, 15) is 4.79 Å². The second-order valence-corrected chi connectivity index (χ2v) is 5.15. The fourth-order valence-corrected chi connectivity index (χ4v) is 2.90. The number of nitrogens with one attached hydrogen (secondary N) is 1. The third-order valence-corrected chi connectivity index (χ3v) is 4.09. The highest BCUT2D eigenvalue weighted by Gasteiger charge is 2.42. The summed E-state index contributed by atoms with van der Waals surface area (Å²) in [5, 5.41) is 3.29. The van der Waals surface area contributed by atoms with Crippen molar-refractivity contribution in [3.63, 3.8) is 0 Å². The summed E-state index contributed by atoms with van der Waals surface area (Å²) < 4.78 is 5.60. The molecule has 0 unspecified atom stereocenters. The SMILES string of the molecule is COC1(C(=O)N2CCCCCC2)CCNCC1. The van der Waals surface area contributed by atoms with E-state index in [1.807, 2.05) is 4.90 Å². The predicted octanol–water partition coefficient (Wildman–Crippen LogP) is 1.16. The van der Waals surface area contributed by atoms with Crippen LogP contribution in [0.1, 0.15) is 38.5 Å². The van der Waals surface area contributed by atoms with Gasteiger partial charge in [0.1, 0.15) is 5.60 Å². The Balaban J connectivity index is 2.04. The second-order valence-electron chi connectivity index (χ2n) is 5.15. The van der Waals surface area contributed by atoms with Gasteiger partial charge in [-0.2, -0.15) is 0 Å². The molecule has 17 heavy (non-hydrogen) atoms. The van der Waals surface area contributed by atoms with Gasteiger partial charge >= 0.3 is 0 Å². The maximum absolute atomic E-state index is 12.6. The Hall–Kier alpha value is -0.610. The first-order valence-corrected chi connectivity index (χ1v) is 6.84. The van der Waals surface area contributed by atoms with Crippen LogP contribution in [0, 0.1) is 0 Å². The quantitative estimate of drug-likeness (QED) is 0.787. The molecule has 0 spiro atoms. The Morgan fingerprint density at radius 3 is 2.24 bits per heavy atom. The first kappa shape index (κ1) is 12.8. The second kappa shape index (κ2) is 5.83. The van der Waals surface area contributed by atoms with Gasteiger partial charge in [-0.1, -0.05) is 12.8 Å². The smallest absolute Gasteiger partial charge is 0.254 e. The summed E-state index contributed by atoms with van der Waals surface area (Å²) in [4.78, 5) is 14.7. The van der Waals surface area contributed by atoms with E-state index in [4.69, 9.17) is 4.74 Å². The molecule has 0 bridgehead atoms. The first-order chi connectivity index (χ1) is 8.28. The normalized spacial score (nSPS) is 25.4. The molecule has 2 fully saturated rings. The molecule has 1 amide bonds. The molecule has 4 nitrogen and oxygen atoms in total. The Bertz CT molecular complexity index is 254. The molecule has 2 aliphatic heterocycles. The van der Waals surface area contributed by atoms with E-state index in [1.165, 1.54) is 12.8 Å². The van der Waals surface area contributed by atoms with Gasteiger partial charge in [0.05, 0.1) is 0 Å². The number of ether oxygens (including phenoxy) is 1. The monoisotopic (exact) mass is 240 g/mol. The third-order valence-electron chi connectivity index (χ3n) is 4.09. The van der Waals surface area contributed by atoms with Gasteiger partial charge in [-0.15, -0.1) is 0 Å². The molecule has 0 aromatic rings. The maximum Gasteiger partial charge on any atom is 0.254 e. The van der Waals surface area contributed by atoms with Crippen LogP contribution in [0.2, 0.25) is 0 Å². The summed E-state index contributed by atoms with van der Waals surface area (Å²) in [6.07, 6.45) is 6.40. The van der Waals surface area contributed by atoms with Gasteiger partial charge < -0.3 is 15.0 Å².